The number of benzene rings is 1. The van der Waals surface area contributed by atoms with Crippen LogP contribution in [0.25, 0.3) is 0 Å². The van der Waals surface area contributed by atoms with Crippen molar-refractivity contribution in [2.24, 2.45) is 0 Å². The first-order valence-corrected chi connectivity index (χ1v) is 10.6. The van der Waals surface area contributed by atoms with Gasteiger partial charge in [0.1, 0.15) is 11.6 Å². The number of hydrogen-bond donors (Lipinski definition) is 1. The maximum absolute atomic E-state index is 13.1. The zero-order chi connectivity index (χ0) is 19.6. The molecule has 7 nitrogen and oxygen atoms in total. The van der Waals surface area contributed by atoms with E-state index in [9.17, 15) is 8.42 Å². The Morgan fingerprint density at radius 1 is 1.00 bits per heavy atom. The first-order valence-electron chi connectivity index (χ1n) is 9.13. The number of nitrogens with zero attached hydrogens (tertiary/aromatic N) is 4. The number of aromatic nitrogens is 3. The number of rotatable bonds is 5. The van der Waals surface area contributed by atoms with Crippen LogP contribution in [0.1, 0.15) is 30.3 Å². The summed E-state index contributed by atoms with van der Waals surface area (Å²) in [4.78, 5) is 13.6. The smallest absolute Gasteiger partial charge is 0.243 e. The summed E-state index contributed by atoms with van der Waals surface area (Å²) in [5.74, 6) is 1.21. The second kappa shape index (κ2) is 7.65. The molecule has 1 aliphatic rings. The molecule has 28 heavy (non-hydrogen) atoms. The largest absolute Gasteiger partial charge is 0.324 e. The van der Waals surface area contributed by atoms with Crippen LogP contribution in [0.2, 0.25) is 0 Å². The number of nitrogens with one attached hydrogen (secondary N) is 1. The van der Waals surface area contributed by atoms with Crippen LogP contribution in [0.4, 0.5) is 11.6 Å². The van der Waals surface area contributed by atoms with Crippen LogP contribution >= 0.6 is 0 Å². The topological polar surface area (TPSA) is 88.1 Å². The summed E-state index contributed by atoms with van der Waals surface area (Å²) >= 11 is 0. The van der Waals surface area contributed by atoms with Crippen molar-refractivity contribution in [3.63, 3.8) is 0 Å². The van der Waals surface area contributed by atoms with Gasteiger partial charge in [0.25, 0.3) is 0 Å². The highest BCUT2D eigenvalue weighted by atomic mass is 32.2. The van der Waals surface area contributed by atoms with Crippen LogP contribution < -0.4 is 5.32 Å². The van der Waals surface area contributed by atoms with Gasteiger partial charge in [0, 0.05) is 12.2 Å². The van der Waals surface area contributed by atoms with E-state index in [1.54, 1.807) is 42.7 Å². The predicted molar refractivity (Wildman–Crippen MR) is 107 cm³/mol. The molecule has 0 spiro atoms. The minimum atomic E-state index is -3.58. The Labute approximate surface area is 164 Å². The second-order valence-electron chi connectivity index (χ2n) is 6.71. The van der Waals surface area contributed by atoms with Gasteiger partial charge in [-0.25, -0.2) is 18.4 Å². The summed E-state index contributed by atoms with van der Waals surface area (Å²) in [5, 5.41) is 3.14. The molecule has 1 aromatic carbocycles. The molecule has 2 aromatic heterocycles. The molecule has 3 aromatic rings. The molecule has 4 rings (SSSR count). The van der Waals surface area contributed by atoms with E-state index in [1.807, 2.05) is 25.1 Å². The maximum atomic E-state index is 13.1. The summed E-state index contributed by atoms with van der Waals surface area (Å²) in [5.41, 5.74) is 1.53. The minimum absolute atomic E-state index is 0.299. The van der Waals surface area contributed by atoms with Gasteiger partial charge in [0.15, 0.2) is 0 Å². The summed E-state index contributed by atoms with van der Waals surface area (Å²) in [6.45, 7) is 2.39. The molecule has 0 radical (unpaired) electrons. The normalized spacial score (nSPS) is 17.5. The first kappa shape index (κ1) is 18.5. The number of sulfonamides is 1. The van der Waals surface area contributed by atoms with Crippen LogP contribution in [-0.4, -0.2) is 34.2 Å². The van der Waals surface area contributed by atoms with Crippen molar-refractivity contribution in [1.82, 2.24) is 19.3 Å². The van der Waals surface area contributed by atoms with Crippen molar-refractivity contribution in [1.29, 1.82) is 0 Å². The predicted octanol–water partition coefficient (Wildman–Crippen LogP) is 3.45. The highest BCUT2D eigenvalue weighted by Gasteiger charge is 2.37. The molecule has 3 heterocycles. The van der Waals surface area contributed by atoms with Gasteiger partial charge in [0.05, 0.1) is 29.0 Å². The van der Waals surface area contributed by atoms with E-state index in [2.05, 4.69) is 20.3 Å². The van der Waals surface area contributed by atoms with Crippen LogP contribution in [0.5, 0.6) is 0 Å². The molecule has 1 aliphatic heterocycles. The number of pyridine rings is 1. The fraction of sp³-hybridized carbons (Fsp3) is 0.250. The molecule has 1 unspecified atom stereocenters. The van der Waals surface area contributed by atoms with Crippen molar-refractivity contribution in [3.8, 4) is 0 Å². The third-order valence-electron chi connectivity index (χ3n) is 4.69. The Hall–Kier alpha value is -2.84. The third kappa shape index (κ3) is 3.74. The fourth-order valence-electron chi connectivity index (χ4n) is 3.40. The van der Waals surface area contributed by atoms with Crippen molar-refractivity contribution in [2.45, 2.75) is 30.7 Å². The fourth-order valence-corrected chi connectivity index (χ4v) is 5.09. The summed E-state index contributed by atoms with van der Waals surface area (Å²) in [6.07, 6.45) is 4.75. The van der Waals surface area contributed by atoms with Gasteiger partial charge in [-0.15, -0.1) is 0 Å². The molecule has 1 fully saturated rings. The lowest BCUT2D eigenvalue weighted by molar-refractivity contribution is 0.390. The molecule has 1 atom stereocenters. The number of aryl methyl sites for hydroxylation is 1. The van der Waals surface area contributed by atoms with Crippen molar-refractivity contribution in [3.05, 3.63) is 72.3 Å². The standard InChI is InChI=1S/C20H21N5O2S/c1-15-7-5-11-19(22-15)24-20-14-21-13-17(23-20)18-10-6-12-25(18)28(26,27)16-8-3-2-4-9-16/h2-5,7-9,11,13-14,18H,6,10,12H2,1H3,(H,22,23,24). The Bertz CT molecular complexity index is 1070. The van der Waals surface area contributed by atoms with E-state index in [0.717, 1.165) is 12.1 Å². The first-order chi connectivity index (χ1) is 13.5. The number of anilines is 2. The van der Waals surface area contributed by atoms with Gasteiger partial charge in [0.2, 0.25) is 10.0 Å². The van der Waals surface area contributed by atoms with Gasteiger partial charge < -0.3 is 5.32 Å². The minimum Gasteiger partial charge on any atom is -0.324 e. The van der Waals surface area contributed by atoms with E-state index >= 15 is 0 Å². The Morgan fingerprint density at radius 3 is 2.61 bits per heavy atom. The molecule has 0 amide bonds. The molecule has 144 valence electrons. The summed E-state index contributed by atoms with van der Waals surface area (Å²) in [6, 6.07) is 13.9. The molecule has 0 bridgehead atoms. The molecule has 0 saturated carbocycles. The highest BCUT2D eigenvalue weighted by molar-refractivity contribution is 7.89. The van der Waals surface area contributed by atoms with Crippen LogP contribution in [-0.2, 0) is 10.0 Å². The lowest BCUT2D eigenvalue weighted by atomic mass is 10.2. The second-order valence-corrected chi connectivity index (χ2v) is 8.60. The van der Waals surface area contributed by atoms with Crippen molar-refractivity contribution in [2.75, 3.05) is 11.9 Å². The maximum Gasteiger partial charge on any atom is 0.243 e. The quantitative estimate of drug-likeness (QED) is 0.712. The van der Waals surface area contributed by atoms with Crippen LogP contribution in [0.3, 0.4) is 0 Å². The number of hydrogen-bond acceptors (Lipinski definition) is 6. The summed E-state index contributed by atoms with van der Waals surface area (Å²) < 4.78 is 27.7. The third-order valence-corrected chi connectivity index (χ3v) is 6.61. The molecular weight excluding hydrogens is 374 g/mol. The molecule has 8 heteroatoms. The Balaban J connectivity index is 1.61. The Morgan fingerprint density at radius 2 is 1.82 bits per heavy atom. The molecular formula is C20H21N5O2S. The summed E-state index contributed by atoms with van der Waals surface area (Å²) in [7, 11) is -3.58. The van der Waals surface area contributed by atoms with Crippen LogP contribution in [0, 0.1) is 6.92 Å². The van der Waals surface area contributed by atoms with Crippen LogP contribution in [0.15, 0.2) is 65.8 Å². The average molecular weight is 395 g/mol. The van der Waals surface area contributed by atoms with Crippen molar-refractivity contribution < 1.29 is 8.42 Å². The van der Waals surface area contributed by atoms with Gasteiger partial charge >= 0.3 is 0 Å². The zero-order valence-electron chi connectivity index (χ0n) is 15.5. The highest BCUT2D eigenvalue weighted by Crippen LogP contribution is 2.35. The molecule has 0 aliphatic carbocycles. The SMILES string of the molecule is Cc1cccc(Nc2cncc(C3CCCN3S(=O)(=O)c3ccccc3)n2)n1. The van der Waals surface area contributed by atoms with E-state index in [0.29, 0.717) is 35.2 Å². The van der Waals surface area contributed by atoms with E-state index < -0.39 is 10.0 Å². The zero-order valence-corrected chi connectivity index (χ0v) is 16.3. The van der Waals surface area contributed by atoms with Gasteiger partial charge in [-0.05, 0) is 44.0 Å². The van der Waals surface area contributed by atoms with Gasteiger partial charge in [-0.3, -0.25) is 4.98 Å². The Kier molecular flexibility index (Phi) is 5.06. The monoisotopic (exact) mass is 395 g/mol. The average Bonchev–Trinajstić information content (AvgIpc) is 3.20. The molecule has 1 saturated heterocycles. The lowest BCUT2D eigenvalue weighted by Crippen LogP contribution is -2.31. The van der Waals surface area contributed by atoms with Gasteiger partial charge in [-0.1, -0.05) is 24.3 Å². The van der Waals surface area contributed by atoms with Gasteiger partial charge in [-0.2, -0.15) is 4.31 Å². The molecule has 1 N–H and O–H groups in total. The van der Waals surface area contributed by atoms with Crippen molar-refractivity contribution >= 4 is 21.7 Å². The lowest BCUT2D eigenvalue weighted by Gasteiger charge is -2.23. The van der Waals surface area contributed by atoms with E-state index in [1.165, 1.54) is 4.31 Å². The van der Waals surface area contributed by atoms with E-state index in [4.69, 9.17) is 0 Å². The van der Waals surface area contributed by atoms with E-state index in [-0.39, 0.29) is 6.04 Å².